The van der Waals surface area contributed by atoms with Crippen molar-refractivity contribution in [1.29, 1.82) is 0 Å². The lowest BCUT2D eigenvalue weighted by Gasteiger charge is -2.42. The van der Waals surface area contributed by atoms with Crippen molar-refractivity contribution < 1.29 is 133 Å². The zero-order valence-corrected chi connectivity index (χ0v) is 35.1. The summed E-state index contributed by atoms with van der Waals surface area (Å²) in [5, 5.41) is 145. The Labute approximate surface area is 366 Å². The van der Waals surface area contributed by atoms with Crippen LogP contribution in [0, 0.1) is 0 Å². The van der Waals surface area contributed by atoms with Crippen molar-refractivity contribution in [1.82, 2.24) is 0 Å². The number of aliphatic hydroxyl groups is 12. The van der Waals surface area contributed by atoms with E-state index in [0.717, 1.165) is 0 Å². The van der Waals surface area contributed by atoms with Crippen molar-refractivity contribution in [3.63, 3.8) is 0 Å². The number of aliphatic hydroxyl groups excluding tert-OH is 12. The minimum Gasteiger partial charge on any atom is -0.479 e. The molecule has 0 saturated carbocycles. The third kappa shape index (κ3) is 15.8. The molecule has 20 atom stereocenters. The van der Waals surface area contributed by atoms with Crippen LogP contribution < -0.4 is 5.73 Å². The average Bonchev–Trinajstić information content (AvgIpc) is 3.25. The Hall–Kier alpha value is -2.02. The molecule has 3 aliphatic rings. The van der Waals surface area contributed by atoms with Gasteiger partial charge in [0.15, 0.2) is 43.7 Å². The van der Waals surface area contributed by atoms with Crippen LogP contribution in [0.4, 0.5) is 0 Å². The van der Waals surface area contributed by atoms with Gasteiger partial charge in [0.1, 0.15) is 73.2 Å². The summed E-state index contributed by atoms with van der Waals surface area (Å²) < 4.78 is 59.6. The monoisotopic (exact) mass is 943 g/mol. The van der Waals surface area contributed by atoms with Crippen LogP contribution >= 0.6 is 0 Å². The Morgan fingerprint density at radius 1 is 0.656 bits per heavy atom. The Kier molecular flexibility index (Phi) is 23.8. The molecule has 64 heavy (non-hydrogen) atoms. The third-order valence-electron chi connectivity index (χ3n) is 10.3. The lowest BCUT2D eigenvalue weighted by atomic mass is 9.93. The van der Waals surface area contributed by atoms with E-state index in [-0.39, 0.29) is 13.2 Å². The lowest BCUT2D eigenvalue weighted by molar-refractivity contribution is -0.338. The van der Waals surface area contributed by atoms with Gasteiger partial charge in [-0.15, -0.1) is 0 Å². The largest absolute Gasteiger partial charge is 0.479 e. The van der Waals surface area contributed by atoms with Gasteiger partial charge < -0.3 is 129 Å². The van der Waals surface area contributed by atoms with E-state index >= 15 is 0 Å². The molecule has 3 rings (SSSR count). The molecule has 376 valence electrons. The maximum absolute atomic E-state index is 11.8. The second-order valence-corrected chi connectivity index (χ2v) is 15.3. The van der Waals surface area contributed by atoms with Gasteiger partial charge in [0, 0.05) is 6.54 Å². The summed E-state index contributed by atoms with van der Waals surface area (Å²) in [7, 11) is 0. The second kappa shape index (κ2) is 27.1. The van der Waals surface area contributed by atoms with Crippen molar-refractivity contribution in [3.8, 4) is 0 Å². The first kappa shape index (κ1) is 56.3. The normalized spacial score (nSPS) is 34.5. The van der Waals surface area contributed by atoms with E-state index in [1.165, 1.54) is 0 Å². The summed E-state index contributed by atoms with van der Waals surface area (Å²) in [6.07, 6.45) is -33.9. The first-order chi connectivity index (χ1) is 30.2. The summed E-state index contributed by atoms with van der Waals surface area (Å²) in [5.41, 5.74) is 4.44. The second-order valence-electron chi connectivity index (χ2n) is 15.3. The number of aliphatic carboxylic acids is 2. The average molecular weight is 944 g/mol. The topological polar surface area (TPSA) is 445 Å². The molecular weight excluding hydrogens is 878 g/mol. The fourth-order valence-corrected chi connectivity index (χ4v) is 6.55. The molecule has 0 radical (unpaired) electrons. The van der Waals surface area contributed by atoms with Crippen LogP contribution in [0.25, 0.3) is 0 Å². The molecule has 0 amide bonds. The highest BCUT2D eigenvalue weighted by Gasteiger charge is 2.47. The molecule has 3 aliphatic heterocycles. The van der Waals surface area contributed by atoms with Gasteiger partial charge in [-0.05, 0) is 13.3 Å². The molecule has 20 unspecified atom stereocenters. The lowest BCUT2D eigenvalue weighted by Crippen LogP contribution is -2.59. The maximum Gasteiger partial charge on any atom is 0.335 e. The first-order valence-corrected chi connectivity index (χ1v) is 20.4. The zero-order chi connectivity index (χ0) is 47.9. The molecule has 0 aromatic rings. The predicted octanol–water partition coefficient (Wildman–Crippen LogP) is -8.41. The molecule has 28 nitrogen and oxygen atoms in total. The molecule has 0 bridgehead atoms. The molecule has 3 heterocycles. The van der Waals surface area contributed by atoms with E-state index in [0.29, 0.717) is 12.8 Å². The summed E-state index contributed by atoms with van der Waals surface area (Å²) in [5.74, 6) is -3.46. The Balaban J connectivity index is 1.74. The highest BCUT2D eigenvalue weighted by Crippen LogP contribution is 2.28. The highest BCUT2D eigenvalue weighted by molar-refractivity contribution is 5.72. The van der Waals surface area contributed by atoms with Gasteiger partial charge >= 0.3 is 11.9 Å². The molecule has 0 aromatic heterocycles. The van der Waals surface area contributed by atoms with Gasteiger partial charge in [0.25, 0.3) is 0 Å². The highest BCUT2D eigenvalue weighted by atomic mass is 16.8. The fraction of sp³-hybridized carbons (Fsp3) is 0.944. The van der Waals surface area contributed by atoms with Crippen LogP contribution in [0.15, 0.2) is 0 Å². The van der Waals surface area contributed by atoms with E-state index in [1.54, 1.807) is 6.92 Å². The minimum absolute atomic E-state index is 0.125. The van der Waals surface area contributed by atoms with E-state index in [1.807, 2.05) is 6.92 Å². The van der Waals surface area contributed by atoms with Gasteiger partial charge in [-0.3, -0.25) is 0 Å². The quantitative estimate of drug-likeness (QED) is 0.0310. The molecule has 3 saturated heterocycles. The van der Waals surface area contributed by atoms with Crippen molar-refractivity contribution >= 4 is 11.9 Å². The fourth-order valence-electron chi connectivity index (χ4n) is 6.55. The first-order valence-electron chi connectivity index (χ1n) is 20.4. The van der Waals surface area contributed by atoms with Crippen LogP contribution in [0.5, 0.6) is 0 Å². The van der Waals surface area contributed by atoms with Crippen LogP contribution in [-0.4, -0.2) is 272 Å². The third-order valence-corrected chi connectivity index (χ3v) is 10.3. The molecule has 3 fully saturated rings. The van der Waals surface area contributed by atoms with Crippen LogP contribution in [-0.2, 0) is 61.7 Å². The number of carboxylic acids is 2. The SMILES string of the molecule is CCCC(C)(OCCN)C(O)COC1OCC(O)C(OC(OC(CO)C(=O)O)C(O)COC2OCC(O)C(OC(OC(CO)C(=O)O)C(O)COC3OCC(O)C(O)C3O)C2O)C1O. The van der Waals surface area contributed by atoms with Crippen LogP contribution in [0.3, 0.4) is 0 Å². The zero-order valence-electron chi connectivity index (χ0n) is 35.1. The van der Waals surface area contributed by atoms with E-state index in [9.17, 15) is 81.1 Å². The van der Waals surface area contributed by atoms with Crippen molar-refractivity contribution in [2.45, 2.75) is 149 Å². The Morgan fingerprint density at radius 2 is 1.06 bits per heavy atom. The molecule has 16 N–H and O–H groups in total. The summed E-state index contributed by atoms with van der Waals surface area (Å²) in [6, 6.07) is 0. The van der Waals surface area contributed by atoms with E-state index in [4.69, 9.17) is 57.8 Å². The molecule has 0 spiro atoms. The van der Waals surface area contributed by atoms with Gasteiger partial charge in [0.2, 0.25) is 0 Å². The van der Waals surface area contributed by atoms with E-state index in [2.05, 4.69) is 0 Å². The van der Waals surface area contributed by atoms with Gasteiger partial charge in [-0.2, -0.15) is 0 Å². The van der Waals surface area contributed by atoms with E-state index < -0.39 is 187 Å². The predicted molar refractivity (Wildman–Crippen MR) is 202 cm³/mol. The molecule has 28 heteroatoms. The number of nitrogens with two attached hydrogens (primary N) is 1. The van der Waals surface area contributed by atoms with Gasteiger partial charge in [-0.25, -0.2) is 9.59 Å². The van der Waals surface area contributed by atoms with Crippen LogP contribution in [0.2, 0.25) is 0 Å². The summed E-state index contributed by atoms with van der Waals surface area (Å²) in [4.78, 5) is 23.5. The Bertz CT molecular complexity index is 1360. The number of hydrogen-bond donors (Lipinski definition) is 15. The van der Waals surface area contributed by atoms with Gasteiger partial charge in [-0.1, -0.05) is 13.3 Å². The van der Waals surface area contributed by atoms with Crippen molar-refractivity contribution in [3.05, 3.63) is 0 Å². The standard InChI is InChI=1S/C36H65NO27/c1-3-4-36(2,60-6-5-37)22(45)14-59-35-26(49)28(17(42)11-56-35)64-32(62-21(8-39)30(52)53)19(44)13-58-34-25(48)27(16(41)10-55-34)63-31(61-20(7-38)29(50)51)18(43)12-57-33-24(47)23(46)15(40)9-54-33/h15-28,31-35,38-49H,3-14,37H2,1-2H3,(H,50,51)(H,52,53). The smallest absolute Gasteiger partial charge is 0.335 e. The number of carboxylic acid groups (broad SMARTS) is 2. The van der Waals surface area contributed by atoms with Gasteiger partial charge in [0.05, 0.1) is 65.1 Å². The minimum atomic E-state index is -2.15. The van der Waals surface area contributed by atoms with Crippen molar-refractivity contribution in [2.24, 2.45) is 5.73 Å². The number of ether oxygens (including phenoxy) is 11. The van der Waals surface area contributed by atoms with Crippen LogP contribution in [0.1, 0.15) is 26.7 Å². The number of rotatable bonds is 29. The summed E-state index contributed by atoms with van der Waals surface area (Å²) >= 11 is 0. The molecule has 0 aromatic carbocycles. The Morgan fingerprint density at radius 3 is 1.45 bits per heavy atom. The molecular formula is C36H65NO27. The molecule has 0 aliphatic carbocycles. The maximum atomic E-state index is 11.8. The summed E-state index contributed by atoms with van der Waals surface area (Å²) in [6.45, 7) is -2.58. The number of carbonyl (C=O) groups is 2. The number of hydrogen-bond acceptors (Lipinski definition) is 26. The van der Waals surface area contributed by atoms with Crippen molar-refractivity contribution in [2.75, 3.05) is 66.0 Å².